The largest absolute Gasteiger partial charge is 0.495 e. The molecule has 1 saturated carbocycles. The molecule has 0 bridgehead atoms. The van der Waals surface area contributed by atoms with Crippen LogP contribution in [-0.2, 0) is 0 Å². The van der Waals surface area contributed by atoms with Crippen molar-refractivity contribution in [3.63, 3.8) is 0 Å². The number of hydrogen-bond acceptors (Lipinski definition) is 2. The lowest BCUT2D eigenvalue weighted by atomic mass is 9.85. The van der Waals surface area contributed by atoms with Crippen molar-refractivity contribution >= 4 is 23.0 Å². The van der Waals surface area contributed by atoms with Gasteiger partial charge in [-0.15, -0.1) is 0 Å². The van der Waals surface area contributed by atoms with Crippen LogP contribution < -0.4 is 15.4 Å². The van der Waals surface area contributed by atoms with Gasteiger partial charge in [-0.25, -0.2) is 0 Å². The summed E-state index contributed by atoms with van der Waals surface area (Å²) in [6.45, 7) is 4.35. The maximum Gasteiger partial charge on any atom is 0.171 e. The molecular weight excluding hydrogens is 280 g/mol. The Morgan fingerprint density at radius 1 is 1.29 bits per heavy atom. The Morgan fingerprint density at radius 2 is 2.00 bits per heavy atom. The van der Waals surface area contributed by atoms with Gasteiger partial charge in [0.05, 0.1) is 12.8 Å². The second-order valence-corrected chi connectivity index (χ2v) is 6.34. The van der Waals surface area contributed by atoms with Gasteiger partial charge in [0.2, 0.25) is 0 Å². The number of rotatable bonds is 4. The SMILES string of the molecule is CCC1CCC(NC(=S)Nc2cc(C)ccc2OC)CC1. The molecule has 0 unspecified atom stereocenters. The molecule has 1 aliphatic carbocycles. The summed E-state index contributed by atoms with van der Waals surface area (Å²) in [6, 6.07) is 6.56. The van der Waals surface area contributed by atoms with Crippen molar-refractivity contribution in [2.75, 3.05) is 12.4 Å². The van der Waals surface area contributed by atoms with Crippen molar-refractivity contribution < 1.29 is 4.74 Å². The smallest absolute Gasteiger partial charge is 0.171 e. The number of thiocarbonyl (C=S) groups is 1. The third kappa shape index (κ3) is 4.60. The minimum Gasteiger partial charge on any atom is -0.495 e. The van der Waals surface area contributed by atoms with E-state index in [2.05, 4.69) is 30.5 Å². The second-order valence-electron chi connectivity index (χ2n) is 5.93. The van der Waals surface area contributed by atoms with E-state index in [0.29, 0.717) is 11.2 Å². The van der Waals surface area contributed by atoms with E-state index in [1.54, 1.807) is 7.11 Å². The molecule has 0 aromatic heterocycles. The number of ether oxygens (including phenoxy) is 1. The number of anilines is 1. The third-order valence-electron chi connectivity index (χ3n) is 4.36. The van der Waals surface area contributed by atoms with E-state index < -0.39 is 0 Å². The summed E-state index contributed by atoms with van der Waals surface area (Å²) in [4.78, 5) is 0. The average molecular weight is 306 g/mol. The molecule has 1 aromatic rings. The van der Waals surface area contributed by atoms with Gasteiger partial charge >= 0.3 is 0 Å². The predicted octanol–water partition coefficient (Wildman–Crippen LogP) is 4.26. The zero-order chi connectivity index (χ0) is 15.2. The average Bonchev–Trinajstić information content (AvgIpc) is 2.48. The fourth-order valence-corrected chi connectivity index (χ4v) is 3.25. The van der Waals surface area contributed by atoms with Crippen molar-refractivity contribution in [2.45, 2.75) is 52.0 Å². The molecule has 2 N–H and O–H groups in total. The molecule has 0 aliphatic heterocycles. The summed E-state index contributed by atoms with van der Waals surface area (Å²) in [5, 5.41) is 7.41. The first-order valence-corrected chi connectivity index (χ1v) is 8.25. The summed E-state index contributed by atoms with van der Waals surface area (Å²) < 4.78 is 5.37. The van der Waals surface area contributed by atoms with Crippen LogP contribution in [0.5, 0.6) is 5.75 Å². The van der Waals surface area contributed by atoms with Gasteiger partial charge in [0.25, 0.3) is 0 Å². The van der Waals surface area contributed by atoms with E-state index in [0.717, 1.165) is 17.4 Å². The predicted molar refractivity (Wildman–Crippen MR) is 93.1 cm³/mol. The van der Waals surface area contributed by atoms with Crippen molar-refractivity contribution in [3.05, 3.63) is 23.8 Å². The molecule has 0 saturated heterocycles. The summed E-state index contributed by atoms with van der Waals surface area (Å²) in [6.07, 6.45) is 6.35. The quantitative estimate of drug-likeness (QED) is 0.814. The number of hydrogen-bond donors (Lipinski definition) is 2. The van der Waals surface area contributed by atoms with Crippen molar-refractivity contribution in [1.29, 1.82) is 0 Å². The summed E-state index contributed by atoms with van der Waals surface area (Å²) in [5.74, 6) is 1.72. The van der Waals surface area contributed by atoms with E-state index in [1.165, 1.54) is 37.7 Å². The van der Waals surface area contributed by atoms with E-state index in [-0.39, 0.29) is 0 Å². The van der Waals surface area contributed by atoms with Gasteiger partial charge in [-0.05, 0) is 68.4 Å². The lowest BCUT2D eigenvalue weighted by molar-refractivity contribution is 0.306. The molecule has 116 valence electrons. The van der Waals surface area contributed by atoms with E-state index in [1.807, 2.05) is 12.1 Å². The van der Waals surface area contributed by atoms with Gasteiger partial charge in [0.1, 0.15) is 5.75 Å². The first-order chi connectivity index (χ1) is 10.1. The normalized spacial score (nSPS) is 21.7. The molecule has 1 fully saturated rings. The number of aryl methyl sites for hydroxylation is 1. The zero-order valence-corrected chi connectivity index (χ0v) is 14.1. The summed E-state index contributed by atoms with van der Waals surface area (Å²) in [5.41, 5.74) is 2.11. The van der Waals surface area contributed by atoms with Crippen molar-refractivity contribution in [3.8, 4) is 5.75 Å². The van der Waals surface area contributed by atoms with Crippen LogP contribution in [0.1, 0.15) is 44.6 Å². The van der Waals surface area contributed by atoms with E-state index in [9.17, 15) is 0 Å². The van der Waals surface area contributed by atoms with Crippen LogP contribution in [0.25, 0.3) is 0 Å². The van der Waals surface area contributed by atoms with Crippen LogP contribution in [-0.4, -0.2) is 18.3 Å². The highest BCUT2D eigenvalue weighted by atomic mass is 32.1. The van der Waals surface area contributed by atoms with Gasteiger partial charge in [0.15, 0.2) is 5.11 Å². The standard InChI is InChI=1S/C17H26N2OS/c1-4-13-6-8-14(9-7-13)18-17(21)19-15-11-12(2)5-10-16(15)20-3/h5,10-11,13-14H,4,6-9H2,1-3H3,(H2,18,19,21). The highest BCUT2D eigenvalue weighted by Gasteiger charge is 2.20. The summed E-state index contributed by atoms with van der Waals surface area (Å²) >= 11 is 5.45. The molecule has 2 rings (SSSR count). The van der Waals surface area contributed by atoms with Crippen LogP contribution in [0.4, 0.5) is 5.69 Å². The Bertz CT molecular complexity index is 482. The molecule has 21 heavy (non-hydrogen) atoms. The first-order valence-electron chi connectivity index (χ1n) is 7.84. The minimum absolute atomic E-state index is 0.503. The summed E-state index contributed by atoms with van der Waals surface area (Å²) in [7, 11) is 1.68. The van der Waals surface area contributed by atoms with Crippen LogP contribution >= 0.6 is 12.2 Å². The van der Waals surface area contributed by atoms with Crippen LogP contribution in [0, 0.1) is 12.8 Å². The molecule has 0 amide bonds. The topological polar surface area (TPSA) is 33.3 Å². The van der Waals surface area contributed by atoms with Crippen LogP contribution in [0.15, 0.2) is 18.2 Å². The maximum absolute atomic E-state index is 5.45. The molecule has 3 nitrogen and oxygen atoms in total. The monoisotopic (exact) mass is 306 g/mol. The van der Waals surface area contributed by atoms with E-state index in [4.69, 9.17) is 17.0 Å². The Hall–Kier alpha value is -1.29. The Morgan fingerprint density at radius 3 is 2.62 bits per heavy atom. The third-order valence-corrected chi connectivity index (χ3v) is 4.58. The highest BCUT2D eigenvalue weighted by Crippen LogP contribution is 2.27. The Labute approximate surface area is 133 Å². The zero-order valence-electron chi connectivity index (χ0n) is 13.2. The Kier molecular flexibility index (Phi) is 5.85. The van der Waals surface area contributed by atoms with Crippen molar-refractivity contribution in [1.82, 2.24) is 5.32 Å². The van der Waals surface area contributed by atoms with Gasteiger partial charge in [-0.1, -0.05) is 19.4 Å². The van der Waals surface area contributed by atoms with Gasteiger partial charge in [-0.3, -0.25) is 0 Å². The number of nitrogens with one attached hydrogen (secondary N) is 2. The number of methoxy groups -OCH3 is 1. The molecular formula is C17H26N2OS. The Balaban J connectivity index is 1.89. The molecule has 1 aromatic carbocycles. The molecule has 0 spiro atoms. The lowest BCUT2D eigenvalue weighted by Gasteiger charge is -2.29. The molecule has 1 aliphatic rings. The van der Waals surface area contributed by atoms with Crippen LogP contribution in [0.2, 0.25) is 0 Å². The minimum atomic E-state index is 0.503. The number of benzene rings is 1. The lowest BCUT2D eigenvalue weighted by Crippen LogP contribution is -2.40. The molecule has 0 atom stereocenters. The molecule has 4 heteroatoms. The van der Waals surface area contributed by atoms with Crippen molar-refractivity contribution in [2.24, 2.45) is 5.92 Å². The first kappa shape index (κ1) is 16.1. The highest BCUT2D eigenvalue weighted by molar-refractivity contribution is 7.80. The molecule has 0 heterocycles. The van der Waals surface area contributed by atoms with E-state index >= 15 is 0 Å². The van der Waals surface area contributed by atoms with Gasteiger partial charge < -0.3 is 15.4 Å². The van der Waals surface area contributed by atoms with Gasteiger partial charge in [-0.2, -0.15) is 0 Å². The maximum atomic E-state index is 5.45. The fraction of sp³-hybridized carbons (Fsp3) is 0.588. The molecule has 0 radical (unpaired) electrons. The second kappa shape index (κ2) is 7.64. The van der Waals surface area contributed by atoms with Crippen LogP contribution in [0.3, 0.4) is 0 Å². The van der Waals surface area contributed by atoms with Gasteiger partial charge in [0, 0.05) is 6.04 Å². The fourth-order valence-electron chi connectivity index (χ4n) is 2.98.